The van der Waals surface area contributed by atoms with Gasteiger partial charge >= 0.3 is 6.01 Å². The molecule has 2 aromatic carbocycles. The number of benzene rings is 2. The van der Waals surface area contributed by atoms with Crippen molar-refractivity contribution in [1.29, 1.82) is 0 Å². The zero-order valence-electron chi connectivity index (χ0n) is 11.5. The Morgan fingerprint density at radius 1 is 1.05 bits per heavy atom. The number of ether oxygens (including phenoxy) is 2. The molecule has 1 N–H and O–H groups in total. The molecule has 3 rings (SSSR count). The summed E-state index contributed by atoms with van der Waals surface area (Å²) in [5.41, 5.74) is 1.66. The topological polar surface area (TPSA) is 64.5 Å². The van der Waals surface area contributed by atoms with Crippen LogP contribution in [0, 0.1) is 0 Å². The lowest BCUT2D eigenvalue weighted by molar-refractivity contribution is 0.306. The van der Waals surface area contributed by atoms with Crippen molar-refractivity contribution in [2.75, 3.05) is 7.11 Å². The van der Waals surface area contributed by atoms with E-state index in [0.717, 1.165) is 5.56 Å². The van der Waals surface area contributed by atoms with E-state index in [1.165, 1.54) is 7.11 Å². The Balaban J connectivity index is 1.86. The molecule has 0 aliphatic rings. The maximum atomic E-state index is 9.81. The molecule has 1 aromatic heterocycles. The molecule has 0 radical (unpaired) electrons. The normalized spacial score (nSPS) is 10.5. The van der Waals surface area contributed by atoms with Gasteiger partial charge in [0.2, 0.25) is 5.88 Å². The molecular weight excluding hydrogens is 268 g/mol. The summed E-state index contributed by atoms with van der Waals surface area (Å²) < 4.78 is 10.7. The fourth-order valence-electron chi connectivity index (χ4n) is 1.99. The van der Waals surface area contributed by atoms with Crippen molar-refractivity contribution >= 4 is 10.9 Å². The molecule has 5 heteroatoms. The number of aromatic hydroxyl groups is 1. The van der Waals surface area contributed by atoms with Crippen LogP contribution in [-0.2, 0) is 6.61 Å². The molecule has 0 saturated heterocycles. The van der Waals surface area contributed by atoms with Crippen LogP contribution in [0.15, 0.2) is 48.5 Å². The molecule has 0 bridgehead atoms. The summed E-state index contributed by atoms with van der Waals surface area (Å²) in [5.74, 6) is 0.568. The third kappa shape index (κ3) is 2.86. The molecule has 0 fully saturated rings. The molecule has 1 heterocycles. The van der Waals surface area contributed by atoms with Crippen LogP contribution in [0.1, 0.15) is 5.56 Å². The van der Waals surface area contributed by atoms with Gasteiger partial charge in [0.1, 0.15) is 12.4 Å². The zero-order chi connectivity index (χ0) is 14.7. The van der Waals surface area contributed by atoms with Gasteiger partial charge in [-0.15, -0.1) is 0 Å². The quantitative estimate of drug-likeness (QED) is 0.797. The van der Waals surface area contributed by atoms with Crippen LogP contribution in [0.2, 0.25) is 0 Å². The maximum absolute atomic E-state index is 9.81. The van der Waals surface area contributed by atoms with Gasteiger partial charge in [0.15, 0.2) is 0 Å². The number of aromatic nitrogens is 2. The summed E-state index contributed by atoms with van der Waals surface area (Å²) in [7, 11) is 1.45. The summed E-state index contributed by atoms with van der Waals surface area (Å²) in [5, 5.41) is 10.4. The van der Waals surface area contributed by atoms with E-state index in [1.54, 1.807) is 18.2 Å². The average Bonchev–Trinajstić information content (AvgIpc) is 2.53. The van der Waals surface area contributed by atoms with Gasteiger partial charge in [-0.2, -0.15) is 9.97 Å². The predicted molar refractivity (Wildman–Crippen MR) is 78.5 cm³/mol. The lowest BCUT2D eigenvalue weighted by atomic mass is 10.2. The van der Waals surface area contributed by atoms with E-state index in [9.17, 15) is 5.11 Å². The second kappa shape index (κ2) is 5.66. The van der Waals surface area contributed by atoms with Gasteiger partial charge in [-0.3, -0.25) is 0 Å². The van der Waals surface area contributed by atoms with Gasteiger partial charge in [0.05, 0.1) is 18.0 Å². The fraction of sp³-hybridized carbons (Fsp3) is 0.125. The van der Waals surface area contributed by atoms with E-state index < -0.39 is 0 Å². The van der Waals surface area contributed by atoms with Crippen molar-refractivity contribution in [3.63, 3.8) is 0 Å². The van der Waals surface area contributed by atoms with Crippen LogP contribution < -0.4 is 9.47 Å². The minimum absolute atomic E-state index is 0.105. The number of hydrogen-bond donors (Lipinski definition) is 1. The highest BCUT2D eigenvalue weighted by Gasteiger charge is 2.08. The van der Waals surface area contributed by atoms with Crippen LogP contribution in [0.25, 0.3) is 10.9 Å². The van der Waals surface area contributed by atoms with E-state index in [2.05, 4.69) is 9.97 Å². The van der Waals surface area contributed by atoms with Crippen LogP contribution in [0.3, 0.4) is 0 Å². The Hall–Kier alpha value is -2.82. The summed E-state index contributed by atoms with van der Waals surface area (Å²) in [6.45, 7) is 0.473. The predicted octanol–water partition coefficient (Wildman–Crippen LogP) is 2.92. The van der Waals surface area contributed by atoms with Crippen molar-refractivity contribution < 1.29 is 14.6 Å². The maximum Gasteiger partial charge on any atom is 0.320 e. The highest BCUT2D eigenvalue weighted by Crippen LogP contribution is 2.27. The van der Waals surface area contributed by atoms with E-state index in [-0.39, 0.29) is 11.9 Å². The first-order valence-corrected chi connectivity index (χ1v) is 6.48. The lowest BCUT2D eigenvalue weighted by Gasteiger charge is -2.08. The Kier molecular flexibility index (Phi) is 3.55. The summed E-state index contributed by atoms with van der Waals surface area (Å²) >= 11 is 0. The standard InChI is InChI=1S/C16H14N2O3/c1-20-16-17-14-9-12(7-8-13(14)15(19)18-16)21-10-11-5-3-2-4-6-11/h2-9H,10H2,1H3,(H,17,18,19). The van der Waals surface area contributed by atoms with Crippen molar-refractivity contribution in [3.8, 4) is 17.6 Å². The van der Waals surface area contributed by atoms with Crippen molar-refractivity contribution in [3.05, 3.63) is 54.1 Å². The molecule has 0 amide bonds. The van der Waals surface area contributed by atoms with Gasteiger partial charge in [0.25, 0.3) is 0 Å². The highest BCUT2D eigenvalue weighted by atomic mass is 16.5. The Morgan fingerprint density at radius 2 is 1.86 bits per heavy atom. The fourth-order valence-corrected chi connectivity index (χ4v) is 1.99. The van der Waals surface area contributed by atoms with Crippen LogP contribution >= 0.6 is 0 Å². The van der Waals surface area contributed by atoms with Gasteiger partial charge in [-0.1, -0.05) is 30.3 Å². The molecule has 0 aliphatic carbocycles. The molecule has 0 atom stereocenters. The van der Waals surface area contributed by atoms with Crippen LogP contribution in [0.4, 0.5) is 0 Å². The molecule has 21 heavy (non-hydrogen) atoms. The second-order valence-electron chi connectivity index (χ2n) is 4.49. The molecule has 0 spiro atoms. The van der Waals surface area contributed by atoms with E-state index >= 15 is 0 Å². The largest absolute Gasteiger partial charge is 0.493 e. The molecule has 0 saturated carbocycles. The van der Waals surface area contributed by atoms with E-state index in [0.29, 0.717) is 23.3 Å². The summed E-state index contributed by atoms with van der Waals surface area (Å²) in [4.78, 5) is 8.02. The number of hydrogen-bond acceptors (Lipinski definition) is 5. The van der Waals surface area contributed by atoms with E-state index in [1.807, 2.05) is 30.3 Å². The van der Waals surface area contributed by atoms with Crippen molar-refractivity contribution in [2.45, 2.75) is 6.61 Å². The minimum Gasteiger partial charge on any atom is -0.493 e. The van der Waals surface area contributed by atoms with Gasteiger partial charge in [-0.25, -0.2) is 0 Å². The first kappa shape index (κ1) is 13.2. The number of fused-ring (bicyclic) bond motifs is 1. The highest BCUT2D eigenvalue weighted by molar-refractivity contribution is 5.84. The van der Waals surface area contributed by atoms with Gasteiger partial charge < -0.3 is 14.6 Å². The van der Waals surface area contributed by atoms with E-state index in [4.69, 9.17) is 9.47 Å². The monoisotopic (exact) mass is 282 g/mol. The Morgan fingerprint density at radius 3 is 2.62 bits per heavy atom. The lowest BCUT2D eigenvalue weighted by Crippen LogP contribution is -1.96. The van der Waals surface area contributed by atoms with Gasteiger partial charge in [0, 0.05) is 6.07 Å². The Labute approximate surface area is 121 Å². The molecule has 106 valence electrons. The average molecular weight is 282 g/mol. The van der Waals surface area contributed by atoms with Crippen molar-refractivity contribution in [1.82, 2.24) is 9.97 Å². The number of methoxy groups -OCH3 is 1. The van der Waals surface area contributed by atoms with Crippen LogP contribution in [0.5, 0.6) is 17.6 Å². The van der Waals surface area contributed by atoms with Crippen LogP contribution in [-0.4, -0.2) is 22.2 Å². The molecule has 5 nitrogen and oxygen atoms in total. The first-order chi connectivity index (χ1) is 10.3. The van der Waals surface area contributed by atoms with Crippen molar-refractivity contribution in [2.24, 2.45) is 0 Å². The molecular formula is C16H14N2O3. The zero-order valence-corrected chi connectivity index (χ0v) is 11.5. The summed E-state index contributed by atoms with van der Waals surface area (Å²) in [6.07, 6.45) is 0. The second-order valence-corrected chi connectivity index (χ2v) is 4.49. The first-order valence-electron chi connectivity index (χ1n) is 6.48. The molecule has 0 unspecified atom stereocenters. The number of nitrogens with zero attached hydrogens (tertiary/aromatic N) is 2. The molecule has 3 aromatic rings. The smallest absolute Gasteiger partial charge is 0.320 e. The molecule has 0 aliphatic heterocycles. The Bertz CT molecular complexity index is 760. The van der Waals surface area contributed by atoms with Gasteiger partial charge in [-0.05, 0) is 17.7 Å². The SMILES string of the molecule is COc1nc(O)c2ccc(OCc3ccccc3)cc2n1. The third-order valence-corrected chi connectivity index (χ3v) is 3.06. The third-order valence-electron chi connectivity index (χ3n) is 3.06. The number of rotatable bonds is 4. The minimum atomic E-state index is -0.105. The summed E-state index contributed by atoms with van der Waals surface area (Å²) in [6, 6.07) is 15.3.